The minimum atomic E-state index is -3.70. The van der Waals surface area contributed by atoms with Crippen LogP contribution in [0.2, 0.25) is 10.0 Å². The van der Waals surface area contributed by atoms with E-state index in [1.165, 1.54) is 36.6 Å². The molecule has 5 atom stereocenters. The van der Waals surface area contributed by atoms with Gasteiger partial charge in [-0.25, -0.2) is 32.4 Å². The van der Waals surface area contributed by atoms with Gasteiger partial charge in [-0.1, -0.05) is 41.4 Å². The number of carboxylic acid groups (broad SMARTS) is 1. The number of esters is 3. The van der Waals surface area contributed by atoms with Crippen molar-refractivity contribution in [3.63, 3.8) is 0 Å². The van der Waals surface area contributed by atoms with Gasteiger partial charge in [0, 0.05) is 43.6 Å². The molecule has 2 unspecified atom stereocenters. The van der Waals surface area contributed by atoms with E-state index in [0.29, 0.717) is 22.3 Å². The Kier molecular flexibility index (Phi) is 17.0. The van der Waals surface area contributed by atoms with Gasteiger partial charge >= 0.3 is 30.2 Å². The molecule has 5 rings (SSSR count). The quantitative estimate of drug-likeness (QED) is 0.0680. The van der Waals surface area contributed by atoms with Gasteiger partial charge < -0.3 is 53.3 Å². The zero-order valence-corrected chi connectivity index (χ0v) is 38.0. The van der Waals surface area contributed by atoms with Crippen LogP contribution in [0.3, 0.4) is 0 Å². The molecule has 1 aliphatic heterocycles. The summed E-state index contributed by atoms with van der Waals surface area (Å²) < 4.78 is 59.8. The highest BCUT2D eigenvalue weighted by molar-refractivity contribution is 7.90. The van der Waals surface area contributed by atoms with Crippen LogP contribution in [-0.4, -0.2) is 123 Å². The largest absolute Gasteiger partial charge is 0.511 e. The molecule has 23 heteroatoms. The number of aliphatic hydroxyl groups excluding tert-OH is 1. The SMILES string of the molecule is CC(OC(=O)OCC(COC(=O)[C@@H](C)O)COC(=O)[C@@H](C)OC(=O)O)OC(=O)[C@H](Cc1cccc(S(C)(=O)=O)c1)NC(=O)c1c(Cl)cc2c(c1Cl)CCN(C(=O)c1ccc3ccoc3c1)C2. The highest BCUT2D eigenvalue weighted by Gasteiger charge is 2.32. The topological polar surface area (TPSA) is 278 Å². The molecule has 66 heavy (non-hydrogen) atoms. The third kappa shape index (κ3) is 13.6. The summed E-state index contributed by atoms with van der Waals surface area (Å²) in [4.78, 5) is 90.2. The van der Waals surface area contributed by atoms with E-state index in [2.05, 4.69) is 10.1 Å². The number of rotatable bonds is 18. The van der Waals surface area contributed by atoms with Crippen molar-refractivity contribution in [2.75, 3.05) is 32.6 Å². The summed E-state index contributed by atoms with van der Waals surface area (Å²) in [5.74, 6) is -5.59. The van der Waals surface area contributed by atoms with Crippen LogP contribution in [0.15, 0.2) is 70.2 Å². The number of halogens is 2. The molecule has 0 spiro atoms. The fourth-order valence-electron chi connectivity index (χ4n) is 6.47. The van der Waals surface area contributed by atoms with Crippen LogP contribution in [0, 0.1) is 5.92 Å². The first kappa shape index (κ1) is 50.6. The minimum Gasteiger partial charge on any atom is -0.464 e. The van der Waals surface area contributed by atoms with E-state index in [1.54, 1.807) is 29.2 Å². The van der Waals surface area contributed by atoms with Crippen molar-refractivity contribution in [2.45, 2.75) is 69.6 Å². The molecule has 0 aliphatic carbocycles. The molecule has 1 aromatic heterocycles. The standard InChI is InChI=1S/C43H44Cl2N2O18S/c1-22(48)39(51)60-19-26(20-61-40(52)23(2)63-42(54)55)21-62-43(56)65-24(3)64-41(53)33(15-25-6-5-7-30(14-25)66(4,57)58)46-37(49)35-32(44)16-29-18-47(12-10-31(29)36(35)45)38(50)28-9-8-27-11-13-59-34(27)17-28/h5-9,11,13-14,16-17,22-24,26,33,48H,10,12,15,18-21H2,1-4H3,(H,46,49)(H,54,55)/t22-,23-,24?,26?,33+/m1/s1. The molecule has 0 saturated heterocycles. The lowest BCUT2D eigenvalue weighted by atomic mass is 9.95. The lowest BCUT2D eigenvalue weighted by molar-refractivity contribution is -0.170. The van der Waals surface area contributed by atoms with Gasteiger partial charge in [-0.3, -0.25) is 9.59 Å². The number of amides is 2. The van der Waals surface area contributed by atoms with Crippen molar-refractivity contribution in [3.8, 4) is 0 Å². The lowest BCUT2D eigenvalue weighted by Gasteiger charge is -2.30. The molecule has 0 saturated carbocycles. The lowest BCUT2D eigenvalue weighted by Crippen LogP contribution is -2.45. The van der Waals surface area contributed by atoms with Crippen LogP contribution in [0.1, 0.15) is 58.2 Å². The molecule has 3 aromatic carbocycles. The molecule has 0 radical (unpaired) electrons. The third-order valence-electron chi connectivity index (χ3n) is 9.83. The number of furan rings is 1. The molecular formula is C43H44Cl2N2O18S. The zero-order chi connectivity index (χ0) is 48.5. The Morgan fingerprint density at radius 1 is 0.864 bits per heavy atom. The number of sulfone groups is 1. The fraction of sp³-hybridized carbons (Fsp3) is 0.372. The first-order valence-corrected chi connectivity index (χ1v) is 22.6. The van der Waals surface area contributed by atoms with E-state index in [1.807, 2.05) is 0 Å². The monoisotopic (exact) mass is 978 g/mol. The van der Waals surface area contributed by atoms with Crippen LogP contribution < -0.4 is 5.32 Å². The van der Waals surface area contributed by atoms with Gasteiger partial charge in [0.2, 0.25) is 6.29 Å². The van der Waals surface area contributed by atoms with Crippen molar-refractivity contribution >= 4 is 86.0 Å². The average Bonchev–Trinajstić information content (AvgIpc) is 3.73. The minimum absolute atomic E-state index is 0.0263. The highest BCUT2D eigenvalue weighted by atomic mass is 35.5. The van der Waals surface area contributed by atoms with Crippen molar-refractivity contribution in [1.29, 1.82) is 0 Å². The molecule has 3 N–H and O–H groups in total. The van der Waals surface area contributed by atoms with Crippen molar-refractivity contribution in [2.24, 2.45) is 5.92 Å². The van der Waals surface area contributed by atoms with E-state index in [0.717, 1.165) is 32.4 Å². The van der Waals surface area contributed by atoms with Gasteiger partial charge in [0.05, 0.1) is 32.7 Å². The summed E-state index contributed by atoms with van der Waals surface area (Å²) in [6, 6.07) is 12.4. The number of aliphatic hydroxyl groups is 1. The van der Waals surface area contributed by atoms with Crippen molar-refractivity contribution in [3.05, 3.63) is 98.7 Å². The predicted octanol–water partition coefficient (Wildman–Crippen LogP) is 4.89. The van der Waals surface area contributed by atoms with Crippen LogP contribution in [-0.2, 0) is 72.0 Å². The molecule has 0 bridgehead atoms. The number of nitrogens with zero attached hydrogens (tertiary/aromatic N) is 1. The molecule has 2 amide bonds. The number of hydrogen-bond donors (Lipinski definition) is 3. The summed E-state index contributed by atoms with van der Waals surface area (Å²) in [5.41, 5.74) is 2.17. The van der Waals surface area contributed by atoms with Crippen LogP contribution in [0.5, 0.6) is 0 Å². The summed E-state index contributed by atoms with van der Waals surface area (Å²) in [7, 11) is -3.70. The second-order valence-corrected chi connectivity index (χ2v) is 17.8. The maximum Gasteiger partial charge on any atom is 0.511 e. The number of hydrogen-bond acceptors (Lipinski definition) is 17. The summed E-state index contributed by atoms with van der Waals surface area (Å²) in [6.45, 7) is 1.95. The van der Waals surface area contributed by atoms with Gasteiger partial charge in [-0.2, -0.15) is 0 Å². The van der Waals surface area contributed by atoms with Crippen LogP contribution in [0.25, 0.3) is 11.0 Å². The number of nitrogens with one attached hydrogen (secondary N) is 1. The maximum atomic E-state index is 14.0. The van der Waals surface area contributed by atoms with E-state index >= 15 is 0 Å². The smallest absolute Gasteiger partial charge is 0.464 e. The molecule has 4 aromatic rings. The summed E-state index contributed by atoms with van der Waals surface area (Å²) in [6.07, 6.45) is -5.50. The third-order valence-corrected chi connectivity index (χ3v) is 11.7. The second-order valence-electron chi connectivity index (χ2n) is 15.0. The summed E-state index contributed by atoms with van der Waals surface area (Å²) >= 11 is 13.5. The summed E-state index contributed by atoms with van der Waals surface area (Å²) in [5, 5.41) is 21.4. The Morgan fingerprint density at radius 2 is 1.56 bits per heavy atom. The van der Waals surface area contributed by atoms with E-state index in [4.69, 9.17) is 56.4 Å². The Hall–Kier alpha value is -6.42. The van der Waals surface area contributed by atoms with E-state index < -0.39 is 96.2 Å². The Balaban J connectivity index is 1.28. The second kappa shape index (κ2) is 22.2. The Labute approximate surface area is 386 Å². The molecule has 1 aliphatic rings. The zero-order valence-electron chi connectivity index (χ0n) is 35.6. The van der Waals surface area contributed by atoms with Crippen LogP contribution >= 0.6 is 23.2 Å². The Morgan fingerprint density at radius 3 is 2.24 bits per heavy atom. The number of carbonyl (C=O) groups excluding carboxylic acids is 6. The number of carbonyl (C=O) groups is 7. The first-order chi connectivity index (χ1) is 31.1. The normalized spacial score (nSPS) is 14.6. The predicted molar refractivity (Wildman–Crippen MR) is 229 cm³/mol. The molecule has 0 fully saturated rings. The average molecular weight is 980 g/mol. The fourth-order valence-corrected chi connectivity index (χ4v) is 7.93. The highest BCUT2D eigenvalue weighted by Crippen LogP contribution is 2.35. The van der Waals surface area contributed by atoms with Gasteiger partial charge in [0.15, 0.2) is 15.9 Å². The van der Waals surface area contributed by atoms with Gasteiger partial charge in [-0.15, -0.1) is 0 Å². The number of ether oxygens (including phenoxy) is 6. The number of benzene rings is 3. The molecule has 354 valence electrons. The van der Waals surface area contributed by atoms with Crippen LogP contribution in [0.4, 0.5) is 9.59 Å². The van der Waals surface area contributed by atoms with Crippen molar-refractivity contribution < 1.29 is 85.0 Å². The number of fused-ring (bicyclic) bond motifs is 2. The Bertz CT molecular complexity index is 2610. The first-order valence-electron chi connectivity index (χ1n) is 19.9. The maximum absolute atomic E-state index is 14.0. The van der Waals surface area contributed by atoms with E-state index in [-0.39, 0.29) is 57.9 Å². The molecule has 2 heterocycles. The molecule has 20 nitrogen and oxygen atoms in total. The van der Waals surface area contributed by atoms with Gasteiger partial charge in [0.25, 0.3) is 11.8 Å². The van der Waals surface area contributed by atoms with Gasteiger partial charge in [0.1, 0.15) is 37.5 Å². The van der Waals surface area contributed by atoms with Crippen molar-refractivity contribution in [1.82, 2.24) is 10.2 Å². The molecular weight excluding hydrogens is 935 g/mol. The van der Waals surface area contributed by atoms with E-state index in [9.17, 15) is 47.1 Å². The van der Waals surface area contributed by atoms with Gasteiger partial charge in [-0.05, 0) is 73.4 Å².